The molecule has 0 radical (unpaired) electrons. The fourth-order valence-electron chi connectivity index (χ4n) is 2.95. The fourth-order valence-corrected chi connectivity index (χ4v) is 2.95. The second-order valence-corrected chi connectivity index (χ2v) is 7.42. The number of likely N-dealkylation sites (tertiary alicyclic amines) is 1. The minimum atomic E-state index is -0.856. The average molecular weight is 356 g/mol. The number of hydrogen-bond acceptors (Lipinski definition) is 4. The van der Waals surface area contributed by atoms with E-state index in [1.165, 1.54) is 0 Å². The van der Waals surface area contributed by atoms with Gasteiger partial charge < -0.3 is 10.6 Å². The van der Waals surface area contributed by atoms with Crippen molar-refractivity contribution in [3.63, 3.8) is 0 Å². The van der Waals surface area contributed by atoms with Gasteiger partial charge in [0.15, 0.2) is 0 Å². The van der Waals surface area contributed by atoms with Crippen LogP contribution in [0.5, 0.6) is 0 Å². The summed E-state index contributed by atoms with van der Waals surface area (Å²) >= 11 is 0. The summed E-state index contributed by atoms with van der Waals surface area (Å²) in [6, 6.07) is 11.6. The molecule has 1 saturated heterocycles. The number of para-hydroxylation sites is 1. The Labute approximate surface area is 155 Å². The number of carbonyl (C=O) groups excluding carboxylic acids is 2. The van der Waals surface area contributed by atoms with Gasteiger partial charge in [-0.25, -0.2) is 0 Å². The molecule has 6 nitrogen and oxygen atoms in total. The number of hydrogen-bond donors (Lipinski definition) is 2. The standard InChI is InChI=1S/C20H28N4O2/c1-15(2)20(3,14-21)23-18(25)13-24-11-9-16(10-12-24)19(26)22-17-7-5-4-6-8-17/h4-8,15-16H,9-13H2,1-3H3,(H,22,26)(H,23,25)/t20-/m1/s1. The summed E-state index contributed by atoms with van der Waals surface area (Å²) in [5.74, 6) is -0.106. The topological polar surface area (TPSA) is 85.2 Å². The third kappa shape index (κ3) is 5.30. The summed E-state index contributed by atoms with van der Waals surface area (Å²) in [5.41, 5.74) is -0.0471. The Kier molecular flexibility index (Phi) is 6.76. The van der Waals surface area contributed by atoms with Crippen LogP contribution in [0.25, 0.3) is 0 Å². The molecule has 2 amide bonds. The molecule has 0 aliphatic carbocycles. The first-order valence-corrected chi connectivity index (χ1v) is 9.14. The molecule has 1 atom stereocenters. The van der Waals surface area contributed by atoms with Crippen molar-refractivity contribution in [2.75, 3.05) is 25.0 Å². The molecule has 0 bridgehead atoms. The van der Waals surface area contributed by atoms with Crippen LogP contribution in [0.1, 0.15) is 33.6 Å². The fraction of sp³-hybridized carbons (Fsp3) is 0.550. The molecule has 1 aromatic rings. The van der Waals surface area contributed by atoms with Gasteiger partial charge in [0.25, 0.3) is 0 Å². The SMILES string of the molecule is CC(C)[C@@](C)(C#N)NC(=O)CN1CCC(C(=O)Nc2ccccc2)CC1. The van der Waals surface area contributed by atoms with Crippen molar-refractivity contribution < 1.29 is 9.59 Å². The van der Waals surface area contributed by atoms with Gasteiger partial charge in [-0.3, -0.25) is 14.5 Å². The molecule has 6 heteroatoms. The first kappa shape index (κ1) is 19.9. The Hall–Kier alpha value is -2.39. The van der Waals surface area contributed by atoms with Gasteiger partial charge in [-0.2, -0.15) is 5.26 Å². The van der Waals surface area contributed by atoms with Crippen molar-refractivity contribution in [2.24, 2.45) is 11.8 Å². The summed E-state index contributed by atoms with van der Waals surface area (Å²) in [6.07, 6.45) is 1.46. The Morgan fingerprint density at radius 2 is 1.88 bits per heavy atom. The van der Waals surface area contributed by atoms with Crippen molar-refractivity contribution in [1.29, 1.82) is 5.26 Å². The summed E-state index contributed by atoms with van der Waals surface area (Å²) in [4.78, 5) is 26.7. The highest BCUT2D eigenvalue weighted by Gasteiger charge is 2.31. The van der Waals surface area contributed by atoms with Gasteiger partial charge in [0, 0.05) is 11.6 Å². The highest BCUT2D eigenvalue weighted by Crippen LogP contribution is 2.20. The maximum atomic E-state index is 12.4. The highest BCUT2D eigenvalue weighted by molar-refractivity contribution is 5.92. The number of nitrogens with zero attached hydrogens (tertiary/aromatic N) is 2. The van der Waals surface area contributed by atoms with E-state index in [2.05, 4.69) is 16.7 Å². The van der Waals surface area contributed by atoms with E-state index in [1.54, 1.807) is 6.92 Å². The van der Waals surface area contributed by atoms with Crippen LogP contribution >= 0.6 is 0 Å². The number of rotatable bonds is 6. The molecule has 1 aliphatic rings. The number of amides is 2. The lowest BCUT2D eigenvalue weighted by molar-refractivity contribution is -0.124. The quantitative estimate of drug-likeness (QED) is 0.819. The monoisotopic (exact) mass is 356 g/mol. The van der Waals surface area contributed by atoms with Crippen LogP contribution in [0.15, 0.2) is 30.3 Å². The number of carbonyl (C=O) groups is 2. The van der Waals surface area contributed by atoms with E-state index in [9.17, 15) is 14.9 Å². The Morgan fingerprint density at radius 1 is 1.27 bits per heavy atom. The van der Waals surface area contributed by atoms with Crippen molar-refractivity contribution >= 4 is 17.5 Å². The lowest BCUT2D eigenvalue weighted by atomic mass is 9.90. The minimum absolute atomic E-state index is 0.0314. The molecule has 2 N–H and O–H groups in total. The second kappa shape index (κ2) is 8.81. The molecule has 1 aromatic carbocycles. The van der Waals surface area contributed by atoms with Gasteiger partial charge in [0.1, 0.15) is 5.54 Å². The van der Waals surface area contributed by atoms with E-state index in [0.29, 0.717) is 13.1 Å². The molecule has 2 rings (SSSR count). The second-order valence-electron chi connectivity index (χ2n) is 7.42. The zero-order valence-electron chi connectivity index (χ0n) is 15.8. The molecule has 0 unspecified atom stereocenters. The zero-order valence-corrected chi connectivity index (χ0v) is 15.8. The van der Waals surface area contributed by atoms with Crippen LogP contribution < -0.4 is 10.6 Å². The maximum absolute atomic E-state index is 12.4. The van der Waals surface area contributed by atoms with Crippen LogP contribution in [0.2, 0.25) is 0 Å². The summed E-state index contributed by atoms with van der Waals surface area (Å²) in [6.45, 7) is 7.24. The van der Waals surface area contributed by atoms with E-state index in [-0.39, 0.29) is 30.2 Å². The van der Waals surface area contributed by atoms with Crippen molar-refractivity contribution in [1.82, 2.24) is 10.2 Å². The maximum Gasteiger partial charge on any atom is 0.235 e. The molecule has 0 saturated carbocycles. The molecule has 1 fully saturated rings. The van der Waals surface area contributed by atoms with Crippen molar-refractivity contribution in [3.8, 4) is 6.07 Å². The first-order valence-electron chi connectivity index (χ1n) is 9.14. The van der Waals surface area contributed by atoms with Gasteiger partial charge in [-0.05, 0) is 50.9 Å². The molecule has 1 heterocycles. The van der Waals surface area contributed by atoms with E-state index >= 15 is 0 Å². The lowest BCUT2D eigenvalue weighted by Gasteiger charge is -2.32. The molecular weight excluding hydrogens is 328 g/mol. The third-order valence-corrected chi connectivity index (χ3v) is 5.15. The largest absolute Gasteiger partial charge is 0.337 e. The normalized spacial score (nSPS) is 18.0. The van der Waals surface area contributed by atoms with Crippen molar-refractivity contribution in [2.45, 2.75) is 39.2 Å². The molecule has 1 aliphatic heterocycles. The zero-order chi connectivity index (χ0) is 19.2. The molecule has 26 heavy (non-hydrogen) atoms. The number of nitriles is 1. The summed E-state index contributed by atoms with van der Waals surface area (Å²) in [7, 11) is 0. The van der Waals surface area contributed by atoms with Gasteiger partial charge in [-0.15, -0.1) is 0 Å². The number of anilines is 1. The predicted molar refractivity (Wildman–Crippen MR) is 101 cm³/mol. The van der Waals surface area contributed by atoms with E-state index in [4.69, 9.17) is 0 Å². The van der Waals surface area contributed by atoms with Crippen molar-refractivity contribution in [3.05, 3.63) is 30.3 Å². The van der Waals surface area contributed by atoms with Gasteiger partial charge in [0.2, 0.25) is 11.8 Å². The summed E-state index contributed by atoms with van der Waals surface area (Å²) < 4.78 is 0. The average Bonchev–Trinajstić information content (AvgIpc) is 2.62. The molecule has 140 valence electrons. The predicted octanol–water partition coefficient (Wildman–Crippen LogP) is 2.39. The lowest BCUT2D eigenvalue weighted by Crippen LogP contribution is -2.52. The van der Waals surface area contributed by atoms with Crippen LogP contribution in [0, 0.1) is 23.2 Å². The van der Waals surface area contributed by atoms with Gasteiger partial charge in [-0.1, -0.05) is 32.0 Å². The summed E-state index contributed by atoms with van der Waals surface area (Å²) in [5, 5.41) is 15.1. The van der Waals surface area contributed by atoms with E-state index in [1.807, 2.05) is 49.1 Å². The minimum Gasteiger partial charge on any atom is -0.337 e. The Morgan fingerprint density at radius 3 is 2.42 bits per heavy atom. The number of piperidine rings is 1. The first-order chi connectivity index (χ1) is 12.3. The van der Waals surface area contributed by atoms with E-state index < -0.39 is 5.54 Å². The van der Waals surface area contributed by atoms with E-state index in [0.717, 1.165) is 18.5 Å². The number of nitrogens with one attached hydrogen (secondary N) is 2. The molecular formula is C20H28N4O2. The van der Waals surface area contributed by atoms with Crippen LogP contribution in [0.4, 0.5) is 5.69 Å². The smallest absolute Gasteiger partial charge is 0.235 e. The van der Waals surface area contributed by atoms with Crippen LogP contribution in [-0.4, -0.2) is 41.9 Å². The highest BCUT2D eigenvalue weighted by atomic mass is 16.2. The molecule has 0 spiro atoms. The van der Waals surface area contributed by atoms with Crippen LogP contribution in [-0.2, 0) is 9.59 Å². The molecule has 0 aromatic heterocycles. The Bertz CT molecular complexity index is 660. The number of benzene rings is 1. The Balaban J connectivity index is 1.78. The van der Waals surface area contributed by atoms with Gasteiger partial charge in [0.05, 0.1) is 12.6 Å². The van der Waals surface area contributed by atoms with Crippen LogP contribution in [0.3, 0.4) is 0 Å². The van der Waals surface area contributed by atoms with Gasteiger partial charge >= 0.3 is 0 Å². The third-order valence-electron chi connectivity index (χ3n) is 5.15.